The predicted molar refractivity (Wildman–Crippen MR) is 79.2 cm³/mol. The molecule has 1 aliphatic rings. The standard InChI is InChI=1S/C12H18ClN3O4S/c1-15-6-3-2-4-9(15)5-7-16-8-10(21(13,19)20)11(17)14-12(16)18/h8-9H,2-7H2,1H3,(H,14,17,18). The van der Waals surface area contributed by atoms with Gasteiger partial charge in [-0.05, 0) is 32.9 Å². The molecule has 1 aliphatic heterocycles. The van der Waals surface area contributed by atoms with E-state index in [1.807, 2.05) is 12.0 Å². The zero-order chi connectivity index (χ0) is 15.6. The Kier molecular flexibility index (Phi) is 4.90. The molecule has 1 aromatic rings. The molecule has 1 unspecified atom stereocenters. The third kappa shape index (κ3) is 3.96. The van der Waals surface area contributed by atoms with E-state index in [4.69, 9.17) is 10.7 Å². The average Bonchev–Trinajstić information content (AvgIpc) is 2.38. The largest absolute Gasteiger partial charge is 0.328 e. The third-order valence-electron chi connectivity index (χ3n) is 3.87. The zero-order valence-corrected chi connectivity index (χ0v) is 13.3. The maximum absolute atomic E-state index is 11.7. The van der Waals surface area contributed by atoms with E-state index in [-0.39, 0.29) is 0 Å². The first-order valence-electron chi connectivity index (χ1n) is 6.77. The maximum Gasteiger partial charge on any atom is 0.328 e. The number of halogens is 1. The highest BCUT2D eigenvalue weighted by molar-refractivity contribution is 8.13. The van der Waals surface area contributed by atoms with Crippen molar-refractivity contribution in [1.82, 2.24) is 14.5 Å². The highest BCUT2D eigenvalue weighted by atomic mass is 35.7. The minimum absolute atomic E-state index is 0.337. The van der Waals surface area contributed by atoms with Gasteiger partial charge in [0, 0.05) is 29.5 Å². The van der Waals surface area contributed by atoms with Gasteiger partial charge in [0.25, 0.3) is 14.6 Å². The van der Waals surface area contributed by atoms with Crippen LogP contribution in [0.25, 0.3) is 0 Å². The summed E-state index contributed by atoms with van der Waals surface area (Å²) in [6.07, 6.45) is 5.10. The van der Waals surface area contributed by atoms with Gasteiger partial charge in [-0.2, -0.15) is 0 Å². The molecule has 9 heteroatoms. The fourth-order valence-electron chi connectivity index (χ4n) is 2.63. The van der Waals surface area contributed by atoms with Gasteiger partial charge in [0.05, 0.1) is 0 Å². The van der Waals surface area contributed by atoms with Crippen LogP contribution in [0.1, 0.15) is 25.7 Å². The molecule has 0 spiro atoms. The van der Waals surface area contributed by atoms with Crippen molar-refractivity contribution in [3.8, 4) is 0 Å². The van der Waals surface area contributed by atoms with Crippen LogP contribution in [-0.2, 0) is 15.6 Å². The Hall–Kier alpha value is -1.12. The van der Waals surface area contributed by atoms with Crippen LogP contribution in [0.5, 0.6) is 0 Å². The van der Waals surface area contributed by atoms with Crippen LogP contribution >= 0.6 is 10.7 Å². The lowest BCUT2D eigenvalue weighted by atomic mass is 10.0. The molecule has 2 heterocycles. The van der Waals surface area contributed by atoms with Crippen LogP contribution in [0.2, 0.25) is 0 Å². The lowest BCUT2D eigenvalue weighted by Gasteiger charge is -2.32. The number of rotatable bonds is 4. The van der Waals surface area contributed by atoms with Crippen LogP contribution in [0.15, 0.2) is 20.7 Å². The smallest absolute Gasteiger partial charge is 0.303 e. The van der Waals surface area contributed by atoms with Crippen molar-refractivity contribution in [1.29, 1.82) is 0 Å². The van der Waals surface area contributed by atoms with Crippen molar-refractivity contribution in [3.63, 3.8) is 0 Å². The molecule has 21 heavy (non-hydrogen) atoms. The minimum Gasteiger partial charge on any atom is -0.303 e. The Morgan fingerprint density at radius 1 is 1.38 bits per heavy atom. The number of aromatic amines is 1. The summed E-state index contributed by atoms with van der Waals surface area (Å²) in [6, 6.07) is 0.355. The molecule has 118 valence electrons. The van der Waals surface area contributed by atoms with Gasteiger partial charge in [-0.3, -0.25) is 14.3 Å². The zero-order valence-electron chi connectivity index (χ0n) is 11.7. The topological polar surface area (TPSA) is 92.2 Å². The van der Waals surface area contributed by atoms with Gasteiger partial charge < -0.3 is 4.90 Å². The van der Waals surface area contributed by atoms with Gasteiger partial charge in [0.15, 0.2) is 4.90 Å². The van der Waals surface area contributed by atoms with Crippen molar-refractivity contribution in [2.45, 2.75) is 43.2 Å². The molecular weight excluding hydrogens is 318 g/mol. The van der Waals surface area contributed by atoms with E-state index in [1.54, 1.807) is 0 Å². The summed E-state index contributed by atoms with van der Waals surface area (Å²) in [5.41, 5.74) is -1.61. The first kappa shape index (κ1) is 16.3. The van der Waals surface area contributed by atoms with Crippen LogP contribution in [0.3, 0.4) is 0 Å². The highest BCUT2D eigenvalue weighted by Gasteiger charge is 2.20. The Bertz CT molecular complexity index is 725. The maximum atomic E-state index is 11.7. The normalized spacial score (nSPS) is 20.6. The van der Waals surface area contributed by atoms with Gasteiger partial charge in [-0.15, -0.1) is 0 Å². The monoisotopic (exact) mass is 335 g/mol. The Labute approximate surface area is 127 Å². The number of hydrogen-bond donors (Lipinski definition) is 1. The number of piperidine rings is 1. The van der Waals surface area contributed by atoms with E-state index in [1.165, 1.54) is 11.0 Å². The first-order chi connectivity index (χ1) is 9.79. The molecule has 0 aromatic carbocycles. The molecule has 1 N–H and O–H groups in total. The second-order valence-corrected chi connectivity index (χ2v) is 7.84. The van der Waals surface area contributed by atoms with E-state index >= 15 is 0 Å². The quantitative estimate of drug-likeness (QED) is 0.801. The van der Waals surface area contributed by atoms with Crippen LogP contribution < -0.4 is 11.2 Å². The van der Waals surface area contributed by atoms with Gasteiger partial charge in [0.1, 0.15) is 0 Å². The summed E-state index contributed by atoms with van der Waals surface area (Å²) in [4.78, 5) is 26.8. The van der Waals surface area contributed by atoms with Crippen LogP contribution in [0.4, 0.5) is 0 Å². The molecular formula is C12H18ClN3O4S. The molecule has 1 saturated heterocycles. The second kappa shape index (κ2) is 6.33. The van der Waals surface area contributed by atoms with Crippen molar-refractivity contribution in [2.75, 3.05) is 13.6 Å². The SMILES string of the molecule is CN1CCCCC1CCn1cc(S(=O)(=O)Cl)c(=O)[nH]c1=O. The summed E-state index contributed by atoms with van der Waals surface area (Å²) in [7, 11) is 3.06. The molecule has 2 rings (SSSR count). The van der Waals surface area contributed by atoms with E-state index in [9.17, 15) is 18.0 Å². The second-order valence-electron chi connectivity index (χ2n) is 5.30. The summed E-state index contributed by atoms with van der Waals surface area (Å²) >= 11 is 0. The molecule has 0 amide bonds. The summed E-state index contributed by atoms with van der Waals surface area (Å²) in [6.45, 7) is 1.36. The predicted octanol–water partition coefficient (Wildman–Crippen LogP) is 0.339. The molecule has 1 atom stereocenters. The fourth-order valence-corrected chi connectivity index (χ4v) is 3.48. The van der Waals surface area contributed by atoms with Crippen molar-refractivity contribution in [2.24, 2.45) is 0 Å². The number of H-pyrrole nitrogens is 1. The highest BCUT2D eigenvalue weighted by Crippen LogP contribution is 2.18. The average molecular weight is 336 g/mol. The summed E-state index contributed by atoms with van der Waals surface area (Å²) in [5.74, 6) is 0. The third-order valence-corrected chi connectivity index (χ3v) is 5.18. The van der Waals surface area contributed by atoms with Crippen LogP contribution in [-0.4, -0.2) is 42.5 Å². The number of aryl methyl sites for hydroxylation is 1. The summed E-state index contributed by atoms with van der Waals surface area (Å²) < 4.78 is 23.8. The van der Waals surface area contributed by atoms with Crippen molar-refractivity contribution in [3.05, 3.63) is 27.0 Å². The molecule has 0 bridgehead atoms. The Morgan fingerprint density at radius 3 is 2.71 bits per heavy atom. The van der Waals surface area contributed by atoms with E-state index in [0.717, 1.165) is 25.6 Å². The number of aromatic nitrogens is 2. The van der Waals surface area contributed by atoms with Crippen molar-refractivity contribution < 1.29 is 8.42 Å². The number of nitrogens with zero attached hydrogens (tertiary/aromatic N) is 2. The lowest BCUT2D eigenvalue weighted by Crippen LogP contribution is -2.38. The fraction of sp³-hybridized carbons (Fsp3) is 0.667. The molecule has 0 saturated carbocycles. The number of hydrogen-bond acceptors (Lipinski definition) is 5. The van der Waals surface area contributed by atoms with Gasteiger partial charge in [-0.25, -0.2) is 13.2 Å². The van der Waals surface area contributed by atoms with Gasteiger partial charge in [-0.1, -0.05) is 6.42 Å². The van der Waals surface area contributed by atoms with Gasteiger partial charge >= 0.3 is 5.69 Å². The van der Waals surface area contributed by atoms with Crippen molar-refractivity contribution >= 4 is 19.7 Å². The Balaban J connectivity index is 2.20. The van der Waals surface area contributed by atoms with E-state index in [0.29, 0.717) is 19.0 Å². The molecule has 0 aliphatic carbocycles. The van der Waals surface area contributed by atoms with E-state index in [2.05, 4.69) is 4.90 Å². The summed E-state index contributed by atoms with van der Waals surface area (Å²) in [5, 5.41) is 0. The Morgan fingerprint density at radius 2 is 2.10 bits per heavy atom. The first-order valence-corrected chi connectivity index (χ1v) is 9.08. The molecule has 7 nitrogen and oxygen atoms in total. The molecule has 0 radical (unpaired) electrons. The van der Waals surface area contributed by atoms with E-state index < -0.39 is 25.2 Å². The molecule has 1 aromatic heterocycles. The van der Waals surface area contributed by atoms with Crippen LogP contribution in [0, 0.1) is 0 Å². The lowest BCUT2D eigenvalue weighted by molar-refractivity contribution is 0.170. The minimum atomic E-state index is -4.17. The number of likely N-dealkylation sites (tertiary alicyclic amines) is 1. The number of nitrogens with one attached hydrogen (secondary N) is 1. The molecule has 1 fully saturated rings. The van der Waals surface area contributed by atoms with Gasteiger partial charge in [0.2, 0.25) is 0 Å².